The number of hydrogen-bond acceptors (Lipinski definition) is 4. The number of carbonyl (C=O) groups excluding carboxylic acids is 2. The summed E-state index contributed by atoms with van der Waals surface area (Å²) < 4.78 is 26.1. The topological polar surface area (TPSA) is 55.8 Å². The summed E-state index contributed by atoms with van der Waals surface area (Å²) in [6.45, 7) is 1.10. The minimum absolute atomic E-state index is 0.0418. The average molecular weight is 416 g/mol. The molecule has 1 amide bonds. The maximum Gasteiger partial charge on any atom is 0.328 e. The molecule has 1 saturated heterocycles. The molecule has 30 heavy (non-hydrogen) atoms. The molecule has 0 N–H and O–H groups in total. The van der Waals surface area contributed by atoms with Gasteiger partial charge in [0.15, 0.2) is 0 Å². The number of fused-ring (bicyclic) bond motifs is 1. The minimum Gasteiger partial charge on any atom is -0.493 e. The van der Waals surface area contributed by atoms with Crippen molar-refractivity contribution in [2.45, 2.75) is 69.7 Å². The molecule has 1 aliphatic heterocycles. The number of esters is 1. The highest BCUT2D eigenvalue weighted by molar-refractivity contribution is 5.97. The van der Waals surface area contributed by atoms with Crippen LogP contribution >= 0.6 is 0 Å². The summed E-state index contributed by atoms with van der Waals surface area (Å²) >= 11 is 0. The standard InChI is InChI=1S/C24H30FNO4/c1-29-23(28)20-6-4-10-26(20)22(27)18-11-17(15-7-8-15)21(12-19(18)25)30-14-24-9-3-2-5-16(24)13-24/h11-12,15-16,20H,2-10,13-14H2,1H3/t16?,20-,24?/m0/s1. The number of likely N-dealkylation sites (tertiary alicyclic amines) is 1. The molecule has 3 aliphatic carbocycles. The Bertz CT molecular complexity index is 867. The third-order valence-electron chi connectivity index (χ3n) is 7.69. The van der Waals surface area contributed by atoms with Crippen LogP contribution in [0.2, 0.25) is 0 Å². The normalized spacial score (nSPS) is 30.0. The summed E-state index contributed by atoms with van der Waals surface area (Å²) in [5.74, 6) is 0.274. The largest absolute Gasteiger partial charge is 0.493 e. The van der Waals surface area contributed by atoms with Crippen molar-refractivity contribution in [3.05, 3.63) is 29.1 Å². The second kappa shape index (κ2) is 7.54. The fourth-order valence-electron chi connectivity index (χ4n) is 5.60. The van der Waals surface area contributed by atoms with Gasteiger partial charge in [0.1, 0.15) is 17.6 Å². The molecular formula is C24H30FNO4. The van der Waals surface area contributed by atoms with Crippen LogP contribution in [0.1, 0.15) is 79.6 Å². The van der Waals surface area contributed by atoms with E-state index in [9.17, 15) is 9.59 Å². The molecule has 6 heteroatoms. The van der Waals surface area contributed by atoms with Gasteiger partial charge in [-0.1, -0.05) is 12.8 Å². The third kappa shape index (κ3) is 3.48. The van der Waals surface area contributed by atoms with Crippen molar-refractivity contribution >= 4 is 11.9 Å². The molecule has 1 aromatic rings. The highest BCUT2D eigenvalue weighted by atomic mass is 19.1. The first-order valence-electron chi connectivity index (χ1n) is 11.4. The quantitative estimate of drug-likeness (QED) is 0.645. The molecule has 3 atom stereocenters. The molecule has 1 aromatic carbocycles. The lowest BCUT2D eigenvalue weighted by Crippen LogP contribution is -2.41. The lowest BCUT2D eigenvalue weighted by atomic mass is 9.89. The molecular weight excluding hydrogens is 385 g/mol. The average Bonchev–Trinajstić information content (AvgIpc) is 3.67. The molecule has 0 bridgehead atoms. The van der Waals surface area contributed by atoms with Gasteiger partial charge in [-0.15, -0.1) is 0 Å². The Kier molecular flexibility index (Phi) is 4.98. The number of amides is 1. The van der Waals surface area contributed by atoms with Crippen molar-refractivity contribution in [3.8, 4) is 5.75 Å². The Morgan fingerprint density at radius 1 is 1.17 bits per heavy atom. The number of benzene rings is 1. The van der Waals surface area contributed by atoms with Crippen LogP contribution in [0, 0.1) is 17.2 Å². The van der Waals surface area contributed by atoms with Gasteiger partial charge in [-0.25, -0.2) is 9.18 Å². The van der Waals surface area contributed by atoms with E-state index < -0.39 is 23.7 Å². The van der Waals surface area contributed by atoms with E-state index in [0.717, 1.165) is 24.3 Å². The zero-order valence-corrected chi connectivity index (χ0v) is 17.6. The van der Waals surface area contributed by atoms with E-state index in [2.05, 4.69) is 0 Å². The Morgan fingerprint density at radius 3 is 2.73 bits per heavy atom. The molecule has 162 valence electrons. The van der Waals surface area contributed by atoms with Crippen molar-refractivity contribution < 1.29 is 23.5 Å². The van der Waals surface area contributed by atoms with Crippen molar-refractivity contribution in [1.82, 2.24) is 4.90 Å². The first-order chi connectivity index (χ1) is 14.5. The number of ether oxygens (including phenoxy) is 2. The second-order valence-corrected chi connectivity index (χ2v) is 9.62. The van der Waals surface area contributed by atoms with Gasteiger partial charge < -0.3 is 14.4 Å². The number of nitrogens with zero attached hydrogens (tertiary/aromatic N) is 1. The van der Waals surface area contributed by atoms with Crippen molar-refractivity contribution in [2.24, 2.45) is 11.3 Å². The predicted molar refractivity (Wildman–Crippen MR) is 109 cm³/mol. The van der Waals surface area contributed by atoms with Gasteiger partial charge in [0.05, 0.1) is 19.3 Å². The Hall–Kier alpha value is -2.11. The van der Waals surface area contributed by atoms with Gasteiger partial charge in [-0.3, -0.25) is 4.79 Å². The summed E-state index contributed by atoms with van der Waals surface area (Å²) in [5, 5.41) is 0. The zero-order valence-electron chi connectivity index (χ0n) is 17.6. The first kappa shape index (κ1) is 19.8. The Labute approximate surface area is 176 Å². The van der Waals surface area contributed by atoms with Gasteiger partial charge in [-0.2, -0.15) is 0 Å². The van der Waals surface area contributed by atoms with Crippen LogP contribution in [0.4, 0.5) is 4.39 Å². The van der Waals surface area contributed by atoms with Crippen molar-refractivity contribution in [1.29, 1.82) is 0 Å². The van der Waals surface area contributed by atoms with Crippen LogP contribution in [0.15, 0.2) is 12.1 Å². The van der Waals surface area contributed by atoms with Crippen LogP contribution in [0.25, 0.3) is 0 Å². The van der Waals surface area contributed by atoms with Gasteiger partial charge in [0.25, 0.3) is 5.91 Å². The number of hydrogen-bond donors (Lipinski definition) is 0. The van der Waals surface area contributed by atoms with Gasteiger partial charge >= 0.3 is 5.97 Å². The number of halogens is 1. The molecule has 4 aliphatic rings. The lowest BCUT2D eigenvalue weighted by Gasteiger charge is -2.25. The maximum atomic E-state index is 15.1. The molecule has 0 radical (unpaired) electrons. The van der Waals surface area contributed by atoms with E-state index in [1.807, 2.05) is 0 Å². The summed E-state index contributed by atoms with van der Waals surface area (Å²) in [4.78, 5) is 26.6. The predicted octanol–water partition coefficient (Wildman–Crippen LogP) is 4.44. The van der Waals surface area contributed by atoms with Crippen LogP contribution < -0.4 is 4.74 Å². The van der Waals surface area contributed by atoms with Crippen LogP contribution in [0.3, 0.4) is 0 Å². The Balaban J connectivity index is 1.37. The second-order valence-electron chi connectivity index (χ2n) is 9.62. The van der Waals surface area contributed by atoms with E-state index in [4.69, 9.17) is 9.47 Å². The number of rotatable bonds is 6. The van der Waals surface area contributed by atoms with Gasteiger partial charge in [-0.05, 0) is 68.4 Å². The molecule has 1 heterocycles. The van der Waals surface area contributed by atoms with E-state index in [1.165, 1.54) is 50.2 Å². The Morgan fingerprint density at radius 2 is 2.00 bits per heavy atom. The van der Waals surface area contributed by atoms with E-state index in [-0.39, 0.29) is 5.56 Å². The van der Waals surface area contributed by atoms with Gasteiger partial charge in [0, 0.05) is 18.0 Å². The van der Waals surface area contributed by atoms with E-state index in [1.54, 1.807) is 6.07 Å². The fraction of sp³-hybridized carbons (Fsp3) is 0.667. The molecule has 2 unspecified atom stereocenters. The molecule has 4 fully saturated rings. The summed E-state index contributed by atoms with van der Waals surface area (Å²) in [6.07, 6.45) is 9.65. The van der Waals surface area contributed by atoms with Crippen LogP contribution in [0.5, 0.6) is 5.75 Å². The highest BCUT2D eigenvalue weighted by Gasteiger charge is 2.55. The maximum absolute atomic E-state index is 15.1. The summed E-state index contributed by atoms with van der Waals surface area (Å²) in [5.41, 5.74) is 1.28. The monoisotopic (exact) mass is 415 g/mol. The third-order valence-corrected chi connectivity index (χ3v) is 7.69. The number of carbonyl (C=O) groups is 2. The minimum atomic E-state index is -0.626. The zero-order chi connectivity index (χ0) is 20.9. The van der Waals surface area contributed by atoms with Crippen LogP contribution in [-0.2, 0) is 9.53 Å². The molecule has 0 spiro atoms. The smallest absolute Gasteiger partial charge is 0.328 e. The summed E-state index contributed by atoms with van der Waals surface area (Å²) in [7, 11) is 1.32. The first-order valence-corrected chi connectivity index (χ1v) is 11.4. The molecule has 3 saturated carbocycles. The molecule has 0 aromatic heterocycles. The fourth-order valence-corrected chi connectivity index (χ4v) is 5.60. The van der Waals surface area contributed by atoms with Crippen LogP contribution in [-0.4, -0.2) is 43.1 Å². The van der Waals surface area contributed by atoms with Crippen molar-refractivity contribution in [2.75, 3.05) is 20.3 Å². The van der Waals surface area contributed by atoms with Crippen molar-refractivity contribution in [3.63, 3.8) is 0 Å². The lowest BCUT2D eigenvalue weighted by molar-refractivity contribution is -0.145. The van der Waals surface area contributed by atoms with E-state index in [0.29, 0.717) is 43.1 Å². The molecule has 5 rings (SSSR count). The molecule has 5 nitrogen and oxygen atoms in total. The SMILES string of the molecule is COC(=O)[C@@H]1CCCN1C(=O)c1cc(C2CC2)c(OCC23CCCCC2C3)cc1F. The summed E-state index contributed by atoms with van der Waals surface area (Å²) in [6, 6.07) is 2.46. The highest BCUT2D eigenvalue weighted by Crippen LogP contribution is 2.61. The van der Waals surface area contributed by atoms with E-state index >= 15 is 4.39 Å². The number of methoxy groups -OCH3 is 1. The van der Waals surface area contributed by atoms with Gasteiger partial charge in [0.2, 0.25) is 0 Å².